The van der Waals surface area contributed by atoms with Crippen molar-refractivity contribution in [3.05, 3.63) is 38.3 Å². The van der Waals surface area contributed by atoms with Crippen LogP contribution in [0.25, 0.3) is 11.6 Å². The number of thiazole rings is 1. The second-order valence-electron chi connectivity index (χ2n) is 4.02. The fourth-order valence-corrected chi connectivity index (χ4v) is 2.84. The van der Waals surface area contributed by atoms with Crippen molar-refractivity contribution in [1.82, 2.24) is 4.98 Å². The van der Waals surface area contributed by atoms with Crippen LogP contribution in [0.2, 0.25) is 0 Å². The summed E-state index contributed by atoms with van der Waals surface area (Å²) >= 11 is 4.68. The van der Waals surface area contributed by atoms with E-state index in [1.807, 2.05) is 12.3 Å². The summed E-state index contributed by atoms with van der Waals surface area (Å²) in [5.74, 6) is 0.381. The lowest BCUT2D eigenvalue weighted by Crippen LogP contribution is -1.87. The molecule has 0 radical (unpaired) electrons. The molecule has 0 aliphatic rings. The number of methoxy groups -OCH3 is 1. The van der Waals surface area contributed by atoms with E-state index in [0.29, 0.717) is 20.8 Å². The standard InChI is InChI=1S/C14H11BrN2O2S/c1-8-7-20-14(17-8)10(6-16)3-9-4-11(15)13(18)12(5-9)19-2/h3-5,7,18H,1-2H3. The van der Waals surface area contributed by atoms with Gasteiger partial charge in [0, 0.05) is 11.1 Å². The number of phenolic OH excluding ortho intramolecular Hbond substituents is 1. The third-order valence-corrected chi connectivity index (χ3v) is 4.15. The summed E-state index contributed by atoms with van der Waals surface area (Å²) in [5, 5.41) is 21.6. The van der Waals surface area contributed by atoms with E-state index in [0.717, 1.165) is 11.3 Å². The number of hydrogen-bond donors (Lipinski definition) is 1. The molecular weight excluding hydrogens is 340 g/mol. The zero-order valence-electron chi connectivity index (χ0n) is 10.8. The first-order valence-corrected chi connectivity index (χ1v) is 7.33. The highest BCUT2D eigenvalue weighted by Crippen LogP contribution is 2.36. The van der Waals surface area contributed by atoms with E-state index < -0.39 is 0 Å². The number of ether oxygens (including phenoxy) is 1. The van der Waals surface area contributed by atoms with E-state index in [4.69, 9.17) is 4.74 Å². The quantitative estimate of drug-likeness (QED) is 0.849. The molecule has 0 bridgehead atoms. The molecule has 4 nitrogen and oxygen atoms in total. The molecule has 1 heterocycles. The van der Waals surface area contributed by atoms with Crippen molar-refractivity contribution in [3.63, 3.8) is 0 Å². The Morgan fingerprint density at radius 2 is 2.30 bits per heavy atom. The Hall–Kier alpha value is -1.84. The number of hydrogen-bond acceptors (Lipinski definition) is 5. The molecule has 1 aromatic carbocycles. The van der Waals surface area contributed by atoms with Gasteiger partial charge in [-0.25, -0.2) is 4.98 Å². The lowest BCUT2D eigenvalue weighted by atomic mass is 10.1. The molecule has 0 saturated carbocycles. The number of aryl methyl sites for hydroxylation is 1. The van der Waals surface area contributed by atoms with Crippen LogP contribution >= 0.6 is 27.3 Å². The minimum Gasteiger partial charge on any atom is -0.503 e. The van der Waals surface area contributed by atoms with Crippen molar-refractivity contribution in [2.45, 2.75) is 6.92 Å². The highest BCUT2D eigenvalue weighted by molar-refractivity contribution is 9.10. The van der Waals surface area contributed by atoms with E-state index in [1.54, 1.807) is 18.2 Å². The first kappa shape index (κ1) is 14.6. The predicted molar refractivity (Wildman–Crippen MR) is 82.7 cm³/mol. The Morgan fingerprint density at radius 1 is 1.55 bits per heavy atom. The molecule has 0 aliphatic heterocycles. The van der Waals surface area contributed by atoms with E-state index in [9.17, 15) is 10.4 Å². The molecule has 6 heteroatoms. The lowest BCUT2D eigenvalue weighted by Gasteiger charge is -2.06. The Kier molecular flexibility index (Phi) is 4.42. The number of aromatic nitrogens is 1. The van der Waals surface area contributed by atoms with Crippen LogP contribution in [-0.4, -0.2) is 17.2 Å². The summed E-state index contributed by atoms with van der Waals surface area (Å²) < 4.78 is 5.60. The highest BCUT2D eigenvalue weighted by atomic mass is 79.9. The SMILES string of the molecule is COc1cc(C=C(C#N)c2nc(C)cs2)cc(Br)c1O. The minimum atomic E-state index is 0.0354. The van der Waals surface area contributed by atoms with Gasteiger partial charge in [-0.1, -0.05) is 0 Å². The number of rotatable bonds is 3. The second-order valence-corrected chi connectivity index (χ2v) is 5.73. The fourth-order valence-electron chi connectivity index (χ4n) is 1.62. The zero-order valence-corrected chi connectivity index (χ0v) is 13.2. The number of aromatic hydroxyl groups is 1. The molecule has 20 heavy (non-hydrogen) atoms. The van der Waals surface area contributed by atoms with Gasteiger partial charge in [0.05, 0.1) is 17.2 Å². The van der Waals surface area contributed by atoms with Gasteiger partial charge >= 0.3 is 0 Å². The molecule has 102 valence electrons. The summed E-state index contributed by atoms with van der Waals surface area (Å²) in [6.07, 6.45) is 1.71. The molecule has 2 rings (SSSR count). The van der Waals surface area contributed by atoms with Gasteiger partial charge in [0.2, 0.25) is 0 Å². The van der Waals surface area contributed by atoms with Crippen molar-refractivity contribution < 1.29 is 9.84 Å². The predicted octanol–water partition coefficient (Wildman–Crippen LogP) is 3.99. The molecule has 0 unspecified atom stereocenters. The van der Waals surface area contributed by atoms with Crippen LogP contribution in [0.1, 0.15) is 16.3 Å². The normalized spacial score (nSPS) is 11.2. The largest absolute Gasteiger partial charge is 0.503 e. The van der Waals surface area contributed by atoms with Crippen LogP contribution in [-0.2, 0) is 0 Å². The molecule has 2 aromatic rings. The average molecular weight is 351 g/mol. The summed E-state index contributed by atoms with van der Waals surface area (Å²) in [4.78, 5) is 4.30. The van der Waals surface area contributed by atoms with Crippen LogP contribution in [0.3, 0.4) is 0 Å². The number of allylic oxidation sites excluding steroid dienone is 1. The van der Waals surface area contributed by atoms with Crippen LogP contribution in [0.15, 0.2) is 22.0 Å². The Morgan fingerprint density at radius 3 is 2.85 bits per heavy atom. The molecule has 0 aliphatic carbocycles. The number of benzene rings is 1. The topological polar surface area (TPSA) is 66.1 Å². The molecule has 1 aromatic heterocycles. The summed E-state index contributed by atoms with van der Waals surface area (Å²) in [7, 11) is 1.48. The van der Waals surface area contributed by atoms with E-state index in [2.05, 4.69) is 27.0 Å². The summed E-state index contributed by atoms with van der Waals surface area (Å²) in [6.45, 7) is 1.88. The molecule has 0 saturated heterocycles. The molecular formula is C14H11BrN2O2S. The van der Waals surface area contributed by atoms with Gasteiger partial charge in [-0.15, -0.1) is 11.3 Å². The highest BCUT2D eigenvalue weighted by Gasteiger charge is 2.10. The van der Waals surface area contributed by atoms with Gasteiger partial charge in [0.15, 0.2) is 11.5 Å². The number of nitriles is 1. The number of halogens is 1. The van der Waals surface area contributed by atoms with Crippen molar-refractivity contribution in [2.24, 2.45) is 0 Å². The summed E-state index contributed by atoms with van der Waals surface area (Å²) in [5.41, 5.74) is 2.11. The van der Waals surface area contributed by atoms with Gasteiger partial charge < -0.3 is 9.84 Å². The minimum absolute atomic E-state index is 0.0354. The van der Waals surface area contributed by atoms with Crippen LogP contribution in [0.5, 0.6) is 11.5 Å². The molecule has 0 amide bonds. The average Bonchev–Trinajstić information content (AvgIpc) is 2.86. The van der Waals surface area contributed by atoms with E-state index in [-0.39, 0.29) is 5.75 Å². The number of nitrogens with zero attached hydrogens (tertiary/aromatic N) is 2. The van der Waals surface area contributed by atoms with Gasteiger partial charge in [-0.3, -0.25) is 0 Å². The van der Waals surface area contributed by atoms with E-state index in [1.165, 1.54) is 18.4 Å². The van der Waals surface area contributed by atoms with Gasteiger partial charge in [0.25, 0.3) is 0 Å². The molecule has 1 N–H and O–H groups in total. The van der Waals surface area contributed by atoms with Crippen molar-refractivity contribution >= 4 is 38.9 Å². The summed E-state index contributed by atoms with van der Waals surface area (Å²) in [6, 6.07) is 5.52. The Balaban J connectivity index is 2.48. The lowest BCUT2D eigenvalue weighted by molar-refractivity contribution is 0.372. The molecule has 0 spiro atoms. The Bertz CT molecular complexity index is 716. The molecule has 0 fully saturated rings. The maximum Gasteiger partial charge on any atom is 0.172 e. The third-order valence-electron chi connectivity index (χ3n) is 2.55. The first-order chi connectivity index (χ1) is 9.55. The zero-order chi connectivity index (χ0) is 14.7. The van der Waals surface area contributed by atoms with Gasteiger partial charge in [-0.05, 0) is 46.6 Å². The monoisotopic (exact) mass is 350 g/mol. The fraction of sp³-hybridized carbons (Fsp3) is 0.143. The van der Waals surface area contributed by atoms with Crippen molar-refractivity contribution in [2.75, 3.05) is 7.11 Å². The van der Waals surface area contributed by atoms with Crippen LogP contribution in [0.4, 0.5) is 0 Å². The maximum atomic E-state index is 9.77. The van der Waals surface area contributed by atoms with Gasteiger partial charge in [0.1, 0.15) is 11.1 Å². The van der Waals surface area contributed by atoms with Gasteiger partial charge in [-0.2, -0.15) is 5.26 Å². The van der Waals surface area contributed by atoms with Crippen molar-refractivity contribution in [1.29, 1.82) is 5.26 Å². The van der Waals surface area contributed by atoms with Crippen molar-refractivity contribution in [3.8, 4) is 17.6 Å². The van der Waals surface area contributed by atoms with Crippen LogP contribution in [0, 0.1) is 18.3 Å². The second kappa shape index (κ2) is 6.07. The number of phenols is 1. The smallest absolute Gasteiger partial charge is 0.172 e. The Labute approximate surface area is 129 Å². The van der Waals surface area contributed by atoms with E-state index >= 15 is 0 Å². The first-order valence-electron chi connectivity index (χ1n) is 5.66. The van der Waals surface area contributed by atoms with Crippen LogP contribution < -0.4 is 4.74 Å². The molecule has 0 atom stereocenters. The third kappa shape index (κ3) is 3.00. The maximum absolute atomic E-state index is 9.77.